The van der Waals surface area contributed by atoms with Gasteiger partial charge in [-0.05, 0) is 43.4 Å². The number of carbonyl (C=O) groups is 1. The maximum Gasteiger partial charge on any atom is 0.222 e. The van der Waals surface area contributed by atoms with Crippen LogP contribution < -0.4 is 16.4 Å². The van der Waals surface area contributed by atoms with Crippen molar-refractivity contribution in [2.45, 2.75) is 31.7 Å². The first-order valence-corrected chi connectivity index (χ1v) is 7.86. The van der Waals surface area contributed by atoms with Crippen LogP contribution in [0.5, 0.6) is 0 Å². The number of hydrogen-bond donors (Lipinski definition) is 2. The Balaban J connectivity index is 1.78. The van der Waals surface area contributed by atoms with Gasteiger partial charge in [0.15, 0.2) is 5.82 Å². The average molecular weight is 332 g/mol. The van der Waals surface area contributed by atoms with Gasteiger partial charge in [-0.1, -0.05) is 23.7 Å². The molecule has 6 nitrogen and oxygen atoms in total. The molecule has 0 spiro atoms. The van der Waals surface area contributed by atoms with Crippen LogP contribution in [0.2, 0.25) is 5.02 Å². The van der Waals surface area contributed by atoms with Crippen molar-refractivity contribution in [2.75, 3.05) is 16.4 Å². The summed E-state index contributed by atoms with van der Waals surface area (Å²) < 4.78 is 0. The fourth-order valence-corrected chi connectivity index (χ4v) is 3.15. The van der Waals surface area contributed by atoms with Crippen molar-refractivity contribution in [1.82, 2.24) is 9.97 Å². The maximum absolute atomic E-state index is 11.6. The number of nitrogens with zero attached hydrogens (tertiary/aromatic N) is 3. The fraction of sp³-hybridized carbons (Fsp3) is 0.312. The molecule has 0 saturated heterocycles. The third-order valence-electron chi connectivity index (χ3n) is 4.16. The first-order chi connectivity index (χ1) is 11.1. The summed E-state index contributed by atoms with van der Waals surface area (Å²) >= 11 is 5.90. The quantitative estimate of drug-likeness (QED) is 0.837. The molecule has 1 aliphatic heterocycles. The second-order valence-corrected chi connectivity index (χ2v) is 6.07. The van der Waals surface area contributed by atoms with E-state index < -0.39 is 0 Å². The number of nitrogen functional groups attached to an aromatic ring is 2. The summed E-state index contributed by atoms with van der Waals surface area (Å²) in [5.41, 5.74) is 14.1. The predicted octanol–water partition coefficient (Wildman–Crippen LogP) is 2.20. The second kappa shape index (κ2) is 6.42. The predicted molar refractivity (Wildman–Crippen MR) is 91.3 cm³/mol. The number of fused-ring (bicyclic) bond motifs is 1. The zero-order chi connectivity index (χ0) is 16.4. The lowest BCUT2D eigenvalue weighted by molar-refractivity contribution is -0.108. The lowest BCUT2D eigenvalue weighted by Gasteiger charge is -2.34. The van der Waals surface area contributed by atoms with Gasteiger partial charge in [0.05, 0.1) is 5.69 Å². The molecule has 2 aromatic rings. The summed E-state index contributed by atoms with van der Waals surface area (Å²) in [6.07, 6.45) is 4.07. The monoisotopic (exact) mass is 331 g/mol. The minimum atomic E-state index is 0.0743. The highest BCUT2D eigenvalue weighted by molar-refractivity contribution is 6.30. The second-order valence-electron chi connectivity index (χ2n) is 5.63. The van der Waals surface area contributed by atoms with Crippen LogP contribution in [-0.4, -0.2) is 22.4 Å². The van der Waals surface area contributed by atoms with Crippen LogP contribution in [0.3, 0.4) is 0 Å². The molecule has 7 heteroatoms. The van der Waals surface area contributed by atoms with Gasteiger partial charge < -0.3 is 16.4 Å². The van der Waals surface area contributed by atoms with Crippen LogP contribution in [0.4, 0.5) is 17.5 Å². The van der Waals surface area contributed by atoms with Gasteiger partial charge in [-0.2, -0.15) is 4.98 Å². The van der Waals surface area contributed by atoms with E-state index in [1.165, 1.54) is 5.56 Å². The van der Waals surface area contributed by atoms with Crippen molar-refractivity contribution in [3.63, 3.8) is 0 Å². The van der Waals surface area contributed by atoms with Crippen LogP contribution in [0.25, 0.3) is 0 Å². The van der Waals surface area contributed by atoms with Crippen LogP contribution in [-0.2, 0) is 17.6 Å². The lowest BCUT2D eigenvalue weighted by atomic mass is 9.95. The van der Waals surface area contributed by atoms with E-state index in [-0.39, 0.29) is 17.8 Å². The van der Waals surface area contributed by atoms with E-state index in [1.54, 1.807) is 4.90 Å². The molecule has 0 bridgehead atoms. The summed E-state index contributed by atoms with van der Waals surface area (Å²) in [5, 5.41) is 0.720. The van der Waals surface area contributed by atoms with Crippen molar-refractivity contribution >= 4 is 35.5 Å². The third-order valence-corrected chi connectivity index (χ3v) is 4.41. The summed E-state index contributed by atoms with van der Waals surface area (Å²) in [4.78, 5) is 21.4. The van der Waals surface area contributed by atoms with E-state index in [2.05, 4.69) is 9.97 Å². The van der Waals surface area contributed by atoms with Crippen molar-refractivity contribution in [2.24, 2.45) is 0 Å². The molecule has 120 valence electrons. The standard InChI is InChI=1S/C16H18ClN5O/c17-11-4-1-10(2-5-11)3-6-12-7-8-13-14(22(12)9-23)15(18)21-16(19)20-13/h1-2,4-5,9,12H,3,6-8H2,(H4,18,19,20,21). The largest absolute Gasteiger partial charge is 0.382 e. The van der Waals surface area contributed by atoms with E-state index in [4.69, 9.17) is 23.1 Å². The van der Waals surface area contributed by atoms with Crippen molar-refractivity contribution < 1.29 is 4.79 Å². The van der Waals surface area contributed by atoms with Gasteiger partial charge in [0.25, 0.3) is 0 Å². The van der Waals surface area contributed by atoms with Gasteiger partial charge >= 0.3 is 0 Å². The number of halogens is 1. The molecule has 0 aliphatic carbocycles. The smallest absolute Gasteiger partial charge is 0.222 e. The number of hydrogen-bond acceptors (Lipinski definition) is 5. The highest BCUT2D eigenvalue weighted by Crippen LogP contribution is 2.34. The van der Waals surface area contributed by atoms with E-state index in [1.807, 2.05) is 24.3 Å². The van der Waals surface area contributed by atoms with E-state index in [0.717, 1.165) is 42.8 Å². The molecule has 1 aliphatic rings. The Kier molecular flexibility index (Phi) is 4.34. The maximum atomic E-state index is 11.6. The molecule has 0 fully saturated rings. The Hall–Kier alpha value is -2.34. The molecule has 0 radical (unpaired) electrons. The van der Waals surface area contributed by atoms with E-state index in [0.29, 0.717) is 5.69 Å². The van der Waals surface area contributed by atoms with Gasteiger partial charge in [-0.3, -0.25) is 4.79 Å². The number of carbonyl (C=O) groups excluding carboxylic acids is 1. The topological polar surface area (TPSA) is 98.1 Å². The number of rotatable bonds is 4. The Morgan fingerprint density at radius 2 is 2.00 bits per heavy atom. The molecule has 1 unspecified atom stereocenters. The summed E-state index contributed by atoms with van der Waals surface area (Å²) in [7, 11) is 0. The number of nitrogens with two attached hydrogens (primary N) is 2. The molecule has 1 aromatic heterocycles. The highest BCUT2D eigenvalue weighted by atomic mass is 35.5. The summed E-state index contributed by atoms with van der Waals surface area (Å²) in [5.74, 6) is 0.405. The van der Waals surface area contributed by atoms with Crippen LogP contribution in [0.15, 0.2) is 24.3 Å². The minimum Gasteiger partial charge on any atom is -0.382 e. The minimum absolute atomic E-state index is 0.0743. The van der Waals surface area contributed by atoms with Gasteiger partial charge in [0, 0.05) is 11.1 Å². The van der Waals surface area contributed by atoms with Crippen molar-refractivity contribution in [3.05, 3.63) is 40.5 Å². The number of aromatic nitrogens is 2. The molecule has 1 atom stereocenters. The average Bonchev–Trinajstić information content (AvgIpc) is 2.53. The van der Waals surface area contributed by atoms with Crippen molar-refractivity contribution in [3.8, 4) is 0 Å². The molecular formula is C16H18ClN5O. The van der Waals surface area contributed by atoms with Gasteiger partial charge in [0.2, 0.25) is 12.4 Å². The van der Waals surface area contributed by atoms with Crippen LogP contribution in [0.1, 0.15) is 24.1 Å². The number of benzene rings is 1. The molecular weight excluding hydrogens is 314 g/mol. The fourth-order valence-electron chi connectivity index (χ4n) is 3.03. The molecule has 4 N–H and O–H groups in total. The Morgan fingerprint density at radius 1 is 1.26 bits per heavy atom. The number of aryl methyl sites for hydroxylation is 2. The van der Waals surface area contributed by atoms with Gasteiger partial charge in [-0.15, -0.1) is 0 Å². The van der Waals surface area contributed by atoms with E-state index >= 15 is 0 Å². The van der Waals surface area contributed by atoms with E-state index in [9.17, 15) is 4.79 Å². The molecule has 23 heavy (non-hydrogen) atoms. The summed E-state index contributed by atoms with van der Waals surface area (Å²) in [6.45, 7) is 0. The first-order valence-electron chi connectivity index (χ1n) is 7.48. The SMILES string of the molecule is Nc1nc(N)c2c(n1)CCC(CCc1ccc(Cl)cc1)N2C=O. The number of amides is 1. The normalized spacial score (nSPS) is 16.9. The molecule has 2 heterocycles. The Morgan fingerprint density at radius 3 is 2.70 bits per heavy atom. The first kappa shape index (κ1) is 15.6. The molecule has 0 saturated carbocycles. The van der Waals surface area contributed by atoms with Gasteiger partial charge in [0.1, 0.15) is 5.69 Å². The molecule has 3 rings (SSSR count). The summed E-state index contributed by atoms with van der Waals surface area (Å²) in [6, 6.07) is 7.83. The number of anilines is 3. The zero-order valence-electron chi connectivity index (χ0n) is 12.6. The molecule has 1 amide bonds. The van der Waals surface area contributed by atoms with Crippen LogP contribution >= 0.6 is 11.6 Å². The lowest BCUT2D eigenvalue weighted by Crippen LogP contribution is -2.40. The third kappa shape index (κ3) is 3.22. The molecule has 1 aromatic carbocycles. The Labute approximate surface area is 139 Å². The van der Waals surface area contributed by atoms with Crippen molar-refractivity contribution in [1.29, 1.82) is 0 Å². The zero-order valence-corrected chi connectivity index (χ0v) is 13.3. The highest BCUT2D eigenvalue weighted by Gasteiger charge is 2.29. The Bertz CT molecular complexity index is 719. The van der Waals surface area contributed by atoms with Crippen LogP contribution in [0, 0.1) is 0 Å². The van der Waals surface area contributed by atoms with Gasteiger partial charge in [-0.25, -0.2) is 4.98 Å².